The number of amides is 2. The van der Waals surface area contributed by atoms with Gasteiger partial charge >= 0.3 is 0 Å². The van der Waals surface area contributed by atoms with Gasteiger partial charge in [-0.05, 0) is 37.3 Å². The number of carbonyl (C=O) groups excluding carboxylic acids is 2. The highest BCUT2D eigenvalue weighted by Gasteiger charge is 2.35. The molecule has 3 heterocycles. The van der Waals surface area contributed by atoms with E-state index in [1.807, 2.05) is 31.2 Å². The number of rotatable bonds is 5. The SMILES string of the molecule is Cc1cnc(NC(=O)C2CSCN2C(=O)c2cccc(Nc3ccncc3)c2)s1. The summed E-state index contributed by atoms with van der Waals surface area (Å²) in [7, 11) is 0. The van der Waals surface area contributed by atoms with Crippen LogP contribution in [0.4, 0.5) is 16.5 Å². The predicted octanol–water partition coefficient (Wildman–Crippen LogP) is 3.74. The van der Waals surface area contributed by atoms with Crippen molar-refractivity contribution in [2.24, 2.45) is 0 Å². The summed E-state index contributed by atoms with van der Waals surface area (Å²) in [6.07, 6.45) is 5.12. The van der Waals surface area contributed by atoms with Gasteiger partial charge in [-0.25, -0.2) is 4.98 Å². The molecule has 3 aromatic rings. The molecule has 9 heteroatoms. The number of pyridine rings is 1. The van der Waals surface area contributed by atoms with E-state index in [9.17, 15) is 9.59 Å². The molecule has 0 spiro atoms. The van der Waals surface area contributed by atoms with E-state index < -0.39 is 6.04 Å². The van der Waals surface area contributed by atoms with Crippen LogP contribution in [0.1, 0.15) is 15.2 Å². The van der Waals surface area contributed by atoms with Crippen molar-refractivity contribution in [1.82, 2.24) is 14.9 Å². The topological polar surface area (TPSA) is 87.2 Å². The van der Waals surface area contributed by atoms with Crippen LogP contribution in [0.2, 0.25) is 0 Å². The van der Waals surface area contributed by atoms with Gasteiger partial charge in [0.05, 0.1) is 5.88 Å². The lowest BCUT2D eigenvalue weighted by Gasteiger charge is -2.23. The van der Waals surface area contributed by atoms with Gasteiger partial charge in [0.15, 0.2) is 5.13 Å². The van der Waals surface area contributed by atoms with Crippen molar-refractivity contribution >= 4 is 51.4 Å². The zero-order chi connectivity index (χ0) is 20.2. The third kappa shape index (κ3) is 4.57. The van der Waals surface area contributed by atoms with Crippen LogP contribution in [0.25, 0.3) is 0 Å². The normalized spacial score (nSPS) is 15.9. The number of anilines is 3. The van der Waals surface area contributed by atoms with E-state index in [4.69, 9.17) is 0 Å². The van der Waals surface area contributed by atoms with Gasteiger partial charge in [-0.15, -0.1) is 23.1 Å². The molecule has 0 bridgehead atoms. The average Bonchev–Trinajstić information content (AvgIpc) is 3.37. The van der Waals surface area contributed by atoms with Crippen LogP contribution in [0.15, 0.2) is 55.0 Å². The molecule has 1 aromatic carbocycles. The fourth-order valence-corrected chi connectivity index (χ4v) is 4.78. The summed E-state index contributed by atoms with van der Waals surface area (Å²) in [5.74, 6) is 0.680. The monoisotopic (exact) mass is 425 g/mol. The maximum atomic E-state index is 13.1. The molecule has 1 aliphatic heterocycles. The quantitative estimate of drug-likeness (QED) is 0.648. The first-order chi connectivity index (χ1) is 14.1. The molecule has 2 amide bonds. The largest absolute Gasteiger partial charge is 0.355 e. The molecule has 0 aliphatic carbocycles. The first-order valence-electron chi connectivity index (χ1n) is 8.99. The van der Waals surface area contributed by atoms with Gasteiger partial charge in [0, 0.05) is 46.2 Å². The van der Waals surface area contributed by atoms with Crippen LogP contribution in [0.3, 0.4) is 0 Å². The Kier molecular flexibility index (Phi) is 5.77. The maximum absolute atomic E-state index is 13.1. The Bertz CT molecular complexity index is 1020. The van der Waals surface area contributed by atoms with Crippen LogP contribution in [0.5, 0.6) is 0 Å². The van der Waals surface area contributed by atoms with Crippen molar-refractivity contribution in [1.29, 1.82) is 0 Å². The van der Waals surface area contributed by atoms with Crippen molar-refractivity contribution in [3.63, 3.8) is 0 Å². The van der Waals surface area contributed by atoms with E-state index in [1.165, 1.54) is 11.3 Å². The van der Waals surface area contributed by atoms with Crippen LogP contribution in [-0.2, 0) is 4.79 Å². The number of thiazole rings is 1. The van der Waals surface area contributed by atoms with Crippen LogP contribution < -0.4 is 10.6 Å². The maximum Gasteiger partial charge on any atom is 0.255 e. The molecule has 1 saturated heterocycles. The van der Waals surface area contributed by atoms with Gasteiger partial charge in [-0.3, -0.25) is 14.6 Å². The summed E-state index contributed by atoms with van der Waals surface area (Å²) in [5, 5.41) is 6.64. The van der Waals surface area contributed by atoms with Crippen molar-refractivity contribution < 1.29 is 9.59 Å². The van der Waals surface area contributed by atoms with Crippen molar-refractivity contribution in [2.75, 3.05) is 22.3 Å². The minimum absolute atomic E-state index is 0.163. The van der Waals surface area contributed by atoms with E-state index >= 15 is 0 Å². The number of nitrogens with zero attached hydrogens (tertiary/aromatic N) is 3. The molecule has 29 heavy (non-hydrogen) atoms. The van der Waals surface area contributed by atoms with Crippen molar-refractivity contribution in [2.45, 2.75) is 13.0 Å². The Morgan fingerprint density at radius 3 is 2.76 bits per heavy atom. The number of aromatic nitrogens is 2. The smallest absolute Gasteiger partial charge is 0.255 e. The molecule has 4 rings (SSSR count). The van der Waals surface area contributed by atoms with Gasteiger partial charge in [0.2, 0.25) is 5.91 Å². The van der Waals surface area contributed by atoms with Crippen molar-refractivity contribution in [3.05, 3.63) is 65.4 Å². The Morgan fingerprint density at radius 1 is 1.17 bits per heavy atom. The molecule has 2 aromatic heterocycles. The highest BCUT2D eigenvalue weighted by molar-refractivity contribution is 7.99. The lowest BCUT2D eigenvalue weighted by molar-refractivity contribution is -0.119. The number of aryl methyl sites for hydroxylation is 1. The van der Waals surface area contributed by atoms with Gasteiger partial charge in [0.1, 0.15) is 6.04 Å². The van der Waals surface area contributed by atoms with Crippen molar-refractivity contribution in [3.8, 4) is 0 Å². The number of nitrogens with one attached hydrogen (secondary N) is 2. The molecule has 148 valence electrons. The zero-order valence-corrected chi connectivity index (χ0v) is 17.3. The Labute approximate surface area is 176 Å². The third-order valence-corrected chi connectivity index (χ3v) is 6.22. The molecule has 1 unspecified atom stereocenters. The minimum Gasteiger partial charge on any atom is -0.355 e. The highest BCUT2D eigenvalue weighted by atomic mass is 32.2. The third-order valence-electron chi connectivity index (χ3n) is 4.38. The molecule has 0 saturated carbocycles. The van der Waals surface area contributed by atoms with E-state index in [1.54, 1.807) is 47.4 Å². The average molecular weight is 426 g/mol. The summed E-state index contributed by atoms with van der Waals surface area (Å²) in [6.45, 7) is 1.93. The zero-order valence-electron chi connectivity index (χ0n) is 15.7. The first-order valence-corrected chi connectivity index (χ1v) is 11.0. The molecular formula is C20H19N5O2S2. The van der Waals surface area contributed by atoms with Gasteiger partial charge in [0.25, 0.3) is 5.91 Å². The lowest BCUT2D eigenvalue weighted by atomic mass is 10.1. The second-order valence-corrected chi connectivity index (χ2v) is 8.73. The molecule has 1 aliphatic rings. The fraction of sp³-hybridized carbons (Fsp3) is 0.200. The van der Waals surface area contributed by atoms with Gasteiger partial charge in [-0.1, -0.05) is 6.07 Å². The summed E-state index contributed by atoms with van der Waals surface area (Å²) in [6, 6.07) is 10.5. The van der Waals surface area contributed by atoms with E-state index in [0.717, 1.165) is 16.3 Å². The van der Waals surface area contributed by atoms with Crippen LogP contribution >= 0.6 is 23.1 Å². The van der Waals surface area contributed by atoms with E-state index in [-0.39, 0.29) is 11.8 Å². The van der Waals surface area contributed by atoms with Crippen LogP contribution in [-0.4, -0.2) is 44.4 Å². The number of carbonyl (C=O) groups is 2. The summed E-state index contributed by atoms with van der Waals surface area (Å²) in [4.78, 5) is 36.6. The van der Waals surface area contributed by atoms with E-state index in [0.29, 0.717) is 22.3 Å². The first kappa shape index (κ1) is 19.4. The predicted molar refractivity (Wildman–Crippen MR) is 117 cm³/mol. The van der Waals surface area contributed by atoms with E-state index in [2.05, 4.69) is 20.6 Å². The molecule has 0 radical (unpaired) electrons. The minimum atomic E-state index is -0.520. The summed E-state index contributed by atoms with van der Waals surface area (Å²) in [5.41, 5.74) is 2.22. The van der Waals surface area contributed by atoms with Gasteiger partial charge in [-0.2, -0.15) is 0 Å². The summed E-state index contributed by atoms with van der Waals surface area (Å²) >= 11 is 2.99. The Morgan fingerprint density at radius 2 is 2.00 bits per heavy atom. The molecule has 7 nitrogen and oxygen atoms in total. The standard InChI is InChI=1S/C20H19N5O2S2/c1-13-10-22-20(29-13)24-18(26)17-11-28-12-25(17)19(27)14-3-2-4-16(9-14)23-15-5-7-21-8-6-15/h2-10,17H,11-12H2,1H3,(H,21,23)(H,22,24,26). The van der Waals surface area contributed by atoms with Crippen LogP contribution in [0, 0.1) is 6.92 Å². The summed E-state index contributed by atoms with van der Waals surface area (Å²) < 4.78 is 0. The molecule has 2 N–H and O–H groups in total. The molecule has 1 fully saturated rings. The highest BCUT2D eigenvalue weighted by Crippen LogP contribution is 2.26. The number of hydrogen-bond donors (Lipinski definition) is 2. The molecule has 1 atom stereocenters. The second-order valence-electron chi connectivity index (χ2n) is 6.50. The Balaban J connectivity index is 1.48. The number of thioether (sulfide) groups is 1. The van der Waals surface area contributed by atoms with Gasteiger partial charge < -0.3 is 15.5 Å². The Hall–Kier alpha value is -2.91. The number of benzene rings is 1. The lowest BCUT2D eigenvalue weighted by Crippen LogP contribution is -2.44. The second kappa shape index (κ2) is 8.62. The fourth-order valence-electron chi connectivity index (χ4n) is 2.96. The molecular weight excluding hydrogens is 406 g/mol. The number of hydrogen-bond acceptors (Lipinski definition) is 7.